The van der Waals surface area contributed by atoms with Crippen LogP contribution >= 0.6 is 0 Å². The Morgan fingerprint density at radius 1 is 1.08 bits per heavy atom. The molecule has 144 valence electrons. The first kappa shape index (κ1) is 19.3. The number of nitrogens with zero attached hydrogens (tertiary/aromatic N) is 2. The zero-order chi connectivity index (χ0) is 18.7. The van der Waals surface area contributed by atoms with E-state index in [0.717, 1.165) is 25.9 Å². The average molecular weight is 383 g/mol. The Hall–Kier alpha value is -1.47. The van der Waals surface area contributed by atoms with Gasteiger partial charge in [0.25, 0.3) is 0 Å². The van der Waals surface area contributed by atoms with Crippen LogP contribution in [-0.4, -0.2) is 49.7 Å². The van der Waals surface area contributed by atoms with Crippen LogP contribution < -0.4 is 0 Å². The van der Waals surface area contributed by atoms with Gasteiger partial charge in [0.15, 0.2) is 0 Å². The van der Waals surface area contributed by atoms with Gasteiger partial charge in [-0.05, 0) is 37.7 Å². The minimum atomic E-state index is -3.57. The lowest BCUT2D eigenvalue weighted by Gasteiger charge is -2.36. The molecule has 5 nitrogen and oxygen atoms in total. The number of likely N-dealkylation sites (tertiary alicyclic amines) is 1. The van der Waals surface area contributed by atoms with E-state index in [1.54, 1.807) is 12.1 Å². The third-order valence-electron chi connectivity index (χ3n) is 5.59. The predicted octanol–water partition coefficient (Wildman–Crippen LogP) is 2.63. The molecule has 2 aliphatic heterocycles. The van der Waals surface area contributed by atoms with E-state index < -0.39 is 15.8 Å². The smallest absolute Gasteiger partial charge is 0.225 e. The van der Waals surface area contributed by atoms with Gasteiger partial charge in [-0.25, -0.2) is 17.1 Å². The van der Waals surface area contributed by atoms with E-state index in [9.17, 15) is 17.6 Å². The van der Waals surface area contributed by atoms with Crippen molar-refractivity contribution in [2.24, 2.45) is 11.8 Å². The van der Waals surface area contributed by atoms with Gasteiger partial charge in [0.05, 0.1) is 5.75 Å². The highest BCUT2D eigenvalue weighted by molar-refractivity contribution is 7.88. The standard InChI is InChI=1S/C19H27FN2O3S/c1-15-6-10-21(11-7-15)19(23)16-8-12-22(13-9-16)26(24,25)14-17-4-2-3-5-18(17)20/h2-5,15-16H,6-14H2,1H3. The first-order valence-corrected chi connectivity index (χ1v) is 11.0. The summed E-state index contributed by atoms with van der Waals surface area (Å²) in [4.78, 5) is 14.6. The zero-order valence-electron chi connectivity index (χ0n) is 15.2. The molecule has 2 saturated heterocycles. The van der Waals surface area contributed by atoms with Crippen molar-refractivity contribution in [2.75, 3.05) is 26.2 Å². The number of rotatable bonds is 4. The van der Waals surface area contributed by atoms with Gasteiger partial charge in [-0.2, -0.15) is 0 Å². The molecule has 7 heteroatoms. The summed E-state index contributed by atoms with van der Waals surface area (Å²) in [5, 5.41) is 0. The van der Waals surface area contributed by atoms with Gasteiger partial charge in [0.2, 0.25) is 15.9 Å². The molecule has 2 heterocycles. The van der Waals surface area contributed by atoms with Crippen molar-refractivity contribution in [3.05, 3.63) is 35.6 Å². The largest absolute Gasteiger partial charge is 0.342 e. The van der Waals surface area contributed by atoms with Crippen molar-refractivity contribution in [3.63, 3.8) is 0 Å². The van der Waals surface area contributed by atoms with Crippen molar-refractivity contribution < 1.29 is 17.6 Å². The van der Waals surface area contributed by atoms with E-state index in [-0.39, 0.29) is 23.1 Å². The quantitative estimate of drug-likeness (QED) is 0.804. The molecule has 0 unspecified atom stereocenters. The maximum atomic E-state index is 13.8. The Morgan fingerprint density at radius 3 is 2.31 bits per heavy atom. The fraction of sp³-hybridized carbons (Fsp3) is 0.632. The van der Waals surface area contributed by atoms with Crippen LogP contribution in [0.2, 0.25) is 0 Å². The fourth-order valence-corrected chi connectivity index (χ4v) is 5.35. The highest BCUT2D eigenvalue weighted by Crippen LogP contribution is 2.26. The van der Waals surface area contributed by atoms with E-state index in [2.05, 4.69) is 6.92 Å². The summed E-state index contributed by atoms with van der Waals surface area (Å²) in [6.45, 7) is 4.49. The molecule has 3 rings (SSSR count). The number of amides is 1. The number of halogens is 1. The van der Waals surface area contributed by atoms with Gasteiger partial charge in [0.1, 0.15) is 5.82 Å². The van der Waals surface area contributed by atoms with Gasteiger partial charge in [-0.15, -0.1) is 0 Å². The minimum absolute atomic E-state index is 0.0942. The molecule has 0 aromatic heterocycles. The van der Waals surface area contributed by atoms with E-state index in [4.69, 9.17) is 0 Å². The second-order valence-electron chi connectivity index (χ2n) is 7.53. The summed E-state index contributed by atoms with van der Waals surface area (Å²) in [6.07, 6.45) is 3.17. The normalized spacial score (nSPS) is 21.1. The van der Waals surface area contributed by atoms with Crippen LogP contribution in [0, 0.1) is 17.7 Å². The molecule has 2 fully saturated rings. The molecule has 0 saturated carbocycles. The first-order chi connectivity index (χ1) is 12.4. The molecule has 1 aromatic rings. The van der Waals surface area contributed by atoms with Crippen LogP contribution in [0.4, 0.5) is 4.39 Å². The molecular formula is C19H27FN2O3S. The van der Waals surface area contributed by atoms with E-state index in [1.807, 2.05) is 4.90 Å². The van der Waals surface area contributed by atoms with E-state index >= 15 is 0 Å². The van der Waals surface area contributed by atoms with Crippen LogP contribution in [0.5, 0.6) is 0 Å². The molecule has 0 atom stereocenters. The van der Waals surface area contributed by atoms with Crippen molar-refractivity contribution in [3.8, 4) is 0 Å². The molecule has 0 aliphatic carbocycles. The second-order valence-corrected chi connectivity index (χ2v) is 9.50. The third kappa shape index (κ3) is 4.43. The maximum Gasteiger partial charge on any atom is 0.225 e. The monoisotopic (exact) mass is 382 g/mol. The highest BCUT2D eigenvalue weighted by atomic mass is 32.2. The third-order valence-corrected chi connectivity index (χ3v) is 7.42. The van der Waals surface area contributed by atoms with Crippen LogP contribution in [-0.2, 0) is 20.6 Å². The number of hydrogen-bond donors (Lipinski definition) is 0. The SMILES string of the molecule is CC1CCN(C(=O)C2CCN(S(=O)(=O)Cc3ccccc3F)CC2)CC1. The zero-order valence-corrected chi connectivity index (χ0v) is 16.0. The molecule has 0 spiro atoms. The topological polar surface area (TPSA) is 57.7 Å². The average Bonchev–Trinajstić information content (AvgIpc) is 2.64. The predicted molar refractivity (Wildman–Crippen MR) is 98.3 cm³/mol. The summed E-state index contributed by atoms with van der Waals surface area (Å²) in [5.41, 5.74) is 0.188. The lowest BCUT2D eigenvalue weighted by molar-refractivity contribution is -0.138. The van der Waals surface area contributed by atoms with Gasteiger partial charge in [-0.3, -0.25) is 4.79 Å². The minimum Gasteiger partial charge on any atom is -0.342 e. The number of carbonyl (C=O) groups excluding carboxylic acids is 1. The van der Waals surface area contributed by atoms with Crippen LogP contribution in [0.25, 0.3) is 0 Å². The molecular weight excluding hydrogens is 355 g/mol. The van der Waals surface area contributed by atoms with E-state index in [1.165, 1.54) is 16.4 Å². The summed E-state index contributed by atoms with van der Waals surface area (Å²) < 4.78 is 40.3. The summed E-state index contributed by atoms with van der Waals surface area (Å²) in [6, 6.07) is 5.96. The Morgan fingerprint density at radius 2 is 1.69 bits per heavy atom. The summed E-state index contributed by atoms with van der Waals surface area (Å²) in [7, 11) is -3.57. The number of sulfonamides is 1. The highest BCUT2D eigenvalue weighted by Gasteiger charge is 2.34. The fourth-order valence-electron chi connectivity index (χ4n) is 3.77. The molecule has 1 aromatic carbocycles. The molecule has 0 N–H and O–H groups in total. The van der Waals surface area contributed by atoms with Crippen molar-refractivity contribution in [1.82, 2.24) is 9.21 Å². The lowest BCUT2D eigenvalue weighted by atomic mass is 9.93. The first-order valence-electron chi connectivity index (χ1n) is 9.37. The van der Waals surface area contributed by atoms with Crippen LogP contribution in [0.15, 0.2) is 24.3 Å². The summed E-state index contributed by atoms with van der Waals surface area (Å²) >= 11 is 0. The van der Waals surface area contributed by atoms with Gasteiger partial charge < -0.3 is 4.90 Å². The lowest BCUT2D eigenvalue weighted by Crippen LogP contribution is -2.46. The Balaban J connectivity index is 1.56. The number of carbonyl (C=O) groups is 1. The molecule has 1 amide bonds. The Labute approximate surface area is 155 Å². The maximum absolute atomic E-state index is 13.8. The molecule has 2 aliphatic rings. The van der Waals surface area contributed by atoms with Crippen molar-refractivity contribution in [1.29, 1.82) is 0 Å². The van der Waals surface area contributed by atoms with Crippen molar-refractivity contribution in [2.45, 2.75) is 38.4 Å². The summed E-state index contributed by atoms with van der Waals surface area (Å²) in [5.74, 6) is -0.0845. The Kier molecular flexibility index (Phi) is 5.97. The van der Waals surface area contributed by atoms with Gasteiger partial charge in [-0.1, -0.05) is 25.1 Å². The molecule has 0 bridgehead atoms. The van der Waals surface area contributed by atoms with Gasteiger partial charge >= 0.3 is 0 Å². The van der Waals surface area contributed by atoms with E-state index in [0.29, 0.717) is 31.8 Å². The number of hydrogen-bond acceptors (Lipinski definition) is 3. The van der Waals surface area contributed by atoms with Crippen molar-refractivity contribution >= 4 is 15.9 Å². The second kappa shape index (κ2) is 8.05. The Bertz CT molecular complexity index is 737. The van der Waals surface area contributed by atoms with Crippen LogP contribution in [0.3, 0.4) is 0 Å². The van der Waals surface area contributed by atoms with Crippen LogP contribution in [0.1, 0.15) is 38.2 Å². The number of benzene rings is 1. The molecule has 26 heavy (non-hydrogen) atoms. The molecule has 0 radical (unpaired) electrons. The van der Waals surface area contributed by atoms with Gasteiger partial charge in [0, 0.05) is 37.7 Å². The number of piperidine rings is 2.